The van der Waals surface area contributed by atoms with Gasteiger partial charge in [0, 0.05) is 0 Å². The first kappa shape index (κ1) is 8.65. The summed E-state index contributed by atoms with van der Waals surface area (Å²) in [6.45, 7) is 5.48. The van der Waals surface area contributed by atoms with E-state index in [0.29, 0.717) is 5.75 Å². The first-order valence-corrected chi connectivity index (χ1v) is 3.70. The predicted octanol–water partition coefficient (Wildman–Crippen LogP) is 2.53. The standard InChI is InChI=1S/C10H12O2/c1-4-12-9-6-5-8(2)7-10(9)11-3/h4-7H,1H2,2-3H3. The van der Waals surface area contributed by atoms with E-state index in [-0.39, 0.29) is 0 Å². The number of hydrogen-bond acceptors (Lipinski definition) is 2. The van der Waals surface area contributed by atoms with Gasteiger partial charge in [-0.1, -0.05) is 12.6 Å². The topological polar surface area (TPSA) is 18.5 Å². The molecule has 2 heteroatoms. The first-order chi connectivity index (χ1) is 5.77. The van der Waals surface area contributed by atoms with Crippen molar-refractivity contribution in [3.8, 4) is 11.5 Å². The molecule has 1 aromatic rings. The summed E-state index contributed by atoms with van der Waals surface area (Å²) in [5, 5.41) is 0. The third kappa shape index (κ3) is 1.78. The Hall–Kier alpha value is -1.44. The summed E-state index contributed by atoms with van der Waals surface area (Å²) in [5.41, 5.74) is 1.14. The van der Waals surface area contributed by atoms with Crippen molar-refractivity contribution < 1.29 is 9.47 Å². The summed E-state index contributed by atoms with van der Waals surface area (Å²) in [4.78, 5) is 0. The minimum Gasteiger partial charge on any atom is -0.493 e. The van der Waals surface area contributed by atoms with E-state index in [0.717, 1.165) is 11.3 Å². The Morgan fingerprint density at radius 1 is 1.33 bits per heavy atom. The zero-order valence-electron chi connectivity index (χ0n) is 7.33. The molecule has 0 aliphatic carbocycles. The van der Waals surface area contributed by atoms with Gasteiger partial charge in [0.1, 0.15) is 0 Å². The third-order valence-electron chi connectivity index (χ3n) is 1.53. The monoisotopic (exact) mass is 164 g/mol. The van der Waals surface area contributed by atoms with Gasteiger partial charge in [-0.15, -0.1) is 0 Å². The van der Waals surface area contributed by atoms with Crippen LogP contribution in [0.1, 0.15) is 5.56 Å². The quantitative estimate of drug-likeness (QED) is 0.639. The number of ether oxygens (including phenoxy) is 2. The van der Waals surface area contributed by atoms with Crippen LogP contribution in [0, 0.1) is 6.92 Å². The summed E-state index contributed by atoms with van der Waals surface area (Å²) in [6, 6.07) is 5.73. The summed E-state index contributed by atoms with van der Waals surface area (Å²) in [7, 11) is 1.62. The minimum absolute atomic E-state index is 0.693. The fourth-order valence-electron chi connectivity index (χ4n) is 0.962. The van der Waals surface area contributed by atoms with Crippen molar-refractivity contribution in [2.24, 2.45) is 0 Å². The molecular weight excluding hydrogens is 152 g/mol. The molecule has 0 bridgehead atoms. The summed E-state index contributed by atoms with van der Waals surface area (Å²) < 4.78 is 10.2. The minimum atomic E-state index is 0.693. The normalized spacial score (nSPS) is 9.17. The molecular formula is C10H12O2. The molecule has 0 heterocycles. The van der Waals surface area contributed by atoms with Crippen LogP contribution < -0.4 is 9.47 Å². The van der Waals surface area contributed by atoms with Gasteiger partial charge in [0.15, 0.2) is 11.5 Å². The molecule has 0 spiro atoms. The molecule has 0 unspecified atom stereocenters. The SMILES string of the molecule is C=COc1ccc(C)cc1OC. The smallest absolute Gasteiger partial charge is 0.168 e. The van der Waals surface area contributed by atoms with Crippen molar-refractivity contribution in [1.82, 2.24) is 0 Å². The Morgan fingerprint density at radius 3 is 2.67 bits per heavy atom. The average Bonchev–Trinajstić information content (AvgIpc) is 2.08. The first-order valence-electron chi connectivity index (χ1n) is 3.70. The van der Waals surface area contributed by atoms with Crippen LogP contribution >= 0.6 is 0 Å². The van der Waals surface area contributed by atoms with Crippen molar-refractivity contribution in [3.63, 3.8) is 0 Å². The van der Waals surface area contributed by atoms with Crippen LogP contribution in [0.5, 0.6) is 11.5 Å². The fourth-order valence-corrected chi connectivity index (χ4v) is 0.962. The van der Waals surface area contributed by atoms with Gasteiger partial charge in [-0.05, 0) is 24.6 Å². The van der Waals surface area contributed by atoms with E-state index in [1.807, 2.05) is 25.1 Å². The van der Waals surface area contributed by atoms with Crippen molar-refractivity contribution in [3.05, 3.63) is 36.6 Å². The lowest BCUT2D eigenvalue weighted by Gasteiger charge is -2.07. The van der Waals surface area contributed by atoms with Gasteiger partial charge in [-0.25, -0.2) is 0 Å². The molecule has 0 atom stereocenters. The van der Waals surface area contributed by atoms with E-state index in [9.17, 15) is 0 Å². The van der Waals surface area contributed by atoms with E-state index in [1.165, 1.54) is 6.26 Å². The largest absolute Gasteiger partial charge is 0.493 e. The van der Waals surface area contributed by atoms with Crippen LogP contribution in [0.2, 0.25) is 0 Å². The van der Waals surface area contributed by atoms with Crippen molar-refractivity contribution >= 4 is 0 Å². The molecule has 0 fully saturated rings. The number of methoxy groups -OCH3 is 1. The highest BCUT2D eigenvalue weighted by Crippen LogP contribution is 2.27. The molecule has 0 amide bonds. The Morgan fingerprint density at radius 2 is 2.08 bits per heavy atom. The van der Waals surface area contributed by atoms with Crippen LogP contribution in [-0.4, -0.2) is 7.11 Å². The van der Waals surface area contributed by atoms with Gasteiger partial charge in [0.2, 0.25) is 0 Å². The Kier molecular flexibility index (Phi) is 2.75. The van der Waals surface area contributed by atoms with E-state index >= 15 is 0 Å². The third-order valence-corrected chi connectivity index (χ3v) is 1.53. The van der Waals surface area contributed by atoms with Crippen LogP contribution in [-0.2, 0) is 0 Å². The summed E-state index contributed by atoms with van der Waals surface area (Å²) in [6.07, 6.45) is 1.38. The molecule has 2 nitrogen and oxygen atoms in total. The highest BCUT2D eigenvalue weighted by atomic mass is 16.5. The van der Waals surface area contributed by atoms with Crippen molar-refractivity contribution in [2.45, 2.75) is 6.92 Å². The molecule has 64 valence electrons. The lowest BCUT2D eigenvalue weighted by atomic mass is 10.2. The number of aryl methyl sites for hydroxylation is 1. The van der Waals surface area contributed by atoms with E-state index in [2.05, 4.69) is 6.58 Å². The van der Waals surface area contributed by atoms with Crippen LogP contribution in [0.25, 0.3) is 0 Å². The van der Waals surface area contributed by atoms with Gasteiger partial charge in [-0.3, -0.25) is 0 Å². The average molecular weight is 164 g/mol. The molecule has 12 heavy (non-hydrogen) atoms. The van der Waals surface area contributed by atoms with Crippen molar-refractivity contribution in [1.29, 1.82) is 0 Å². The highest BCUT2D eigenvalue weighted by molar-refractivity contribution is 5.42. The van der Waals surface area contributed by atoms with E-state index in [4.69, 9.17) is 9.47 Å². The number of benzene rings is 1. The Balaban J connectivity index is 3.01. The maximum absolute atomic E-state index is 5.12. The number of hydrogen-bond donors (Lipinski definition) is 0. The molecule has 0 aliphatic heterocycles. The van der Waals surface area contributed by atoms with Crippen LogP contribution in [0.3, 0.4) is 0 Å². The molecule has 1 aromatic carbocycles. The lowest BCUT2D eigenvalue weighted by molar-refractivity contribution is 0.378. The van der Waals surface area contributed by atoms with Gasteiger partial charge in [0.05, 0.1) is 13.4 Å². The second-order valence-electron chi connectivity index (χ2n) is 2.44. The highest BCUT2D eigenvalue weighted by Gasteiger charge is 2.01. The summed E-state index contributed by atoms with van der Waals surface area (Å²) >= 11 is 0. The zero-order valence-corrected chi connectivity index (χ0v) is 7.33. The molecule has 0 saturated carbocycles. The second kappa shape index (κ2) is 3.81. The van der Waals surface area contributed by atoms with Crippen molar-refractivity contribution in [2.75, 3.05) is 7.11 Å². The zero-order chi connectivity index (χ0) is 8.97. The summed E-state index contributed by atoms with van der Waals surface area (Å²) in [5.74, 6) is 1.42. The molecule has 1 rings (SSSR count). The number of rotatable bonds is 3. The second-order valence-corrected chi connectivity index (χ2v) is 2.44. The van der Waals surface area contributed by atoms with Gasteiger partial charge in [-0.2, -0.15) is 0 Å². The molecule has 0 radical (unpaired) electrons. The van der Waals surface area contributed by atoms with Crippen LogP contribution in [0.15, 0.2) is 31.0 Å². The van der Waals surface area contributed by atoms with E-state index in [1.54, 1.807) is 7.11 Å². The maximum Gasteiger partial charge on any atom is 0.168 e. The van der Waals surface area contributed by atoms with E-state index < -0.39 is 0 Å². The van der Waals surface area contributed by atoms with Crippen LogP contribution in [0.4, 0.5) is 0 Å². The van der Waals surface area contributed by atoms with Gasteiger partial charge >= 0.3 is 0 Å². The lowest BCUT2D eigenvalue weighted by Crippen LogP contribution is -1.89. The van der Waals surface area contributed by atoms with Gasteiger partial charge < -0.3 is 9.47 Å². The Bertz CT molecular complexity index is 279. The fraction of sp³-hybridized carbons (Fsp3) is 0.200. The molecule has 0 aromatic heterocycles. The predicted molar refractivity (Wildman–Crippen MR) is 48.6 cm³/mol. The molecule has 0 saturated heterocycles. The molecule has 0 aliphatic rings. The van der Waals surface area contributed by atoms with Gasteiger partial charge in [0.25, 0.3) is 0 Å². The Labute approximate surface area is 72.4 Å². The maximum atomic E-state index is 5.12. The molecule has 0 N–H and O–H groups in total.